The summed E-state index contributed by atoms with van der Waals surface area (Å²) in [7, 11) is 1.61. The normalized spacial score (nSPS) is 19.9. The molecule has 0 bridgehead atoms. The Morgan fingerprint density at radius 2 is 1.82 bits per heavy atom. The van der Waals surface area contributed by atoms with E-state index in [1.54, 1.807) is 20.1 Å². The van der Waals surface area contributed by atoms with Crippen LogP contribution in [-0.2, 0) is 14.3 Å². The van der Waals surface area contributed by atoms with Crippen molar-refractivity contribution in [3.63, 3.8) is 0 Å². The Morgan fingerprint density at radius 3 is 2.50 bits per heavy atom. The molecule has 0 saturated carbocycles. The van der Waals surface area contributed by atoms with Crippen LogP contribution in [0.15, 0.2) is 72.8 Å². The van der Waals surface area contributed by atoms with Gasteiger partial charge in [-0.1, -0.05) is 54.6 Å². The summed E-state index contributed by atoms with van der Waals surface area (Å²) in [5.41, 5.74) is 1.20. The van der Waals surface area contributed by atoms with Crippen molar-refractivity contribution in [3.05, 3.63) is 83.9 Å². The van der Waals surface area contributed by atoms with Crippen LogP contribution < -0.4 is 4.74 Å². The molecule has 1 aliphatic carbocycles. The van der Waals surface area contributed by atoms with Crippen molar-refractivity contribution in [2.24, 2.45) is 5.41 Å². The number of carbonyl (C=O) groups is 2. The van der Waals surface area contributed by atoms with E-state index in [-0.39, 0.29) is 25.2 Å². The Balaban J connectivity index is 1.88. The van der Waals surface area contributed by atoms with Gasteiger partial charge in [0.15, 0.2) is 5.78 Å². The van der Waals surface area contributed by atoms with Gasteiger partial charge in [-0.3, -0.25) is 9.59 Å². The van der Waals surface area contributed by atoms with Gasteiger partial charge >= 0.3 is 5.97 Å². The summed E-state index contributed by atoms with van der Waals surface area (Å²) in [5, 5.41) is 11.5. The molecule has 0 spiro atoms. The minimum atomic E-state index is -1.44. The minimum absolute atomic E-state index is 0.0837. The minimum Gasteiger partial charge on any atom is -0.497 e. The van der Waals surface area contributed by atoms with Gasteiger partial charge in [-0.2, -0.15) is 5.26 Å². The standard InChI is InChI=1S/C29H27NO4/c1-3-34-28(32)29(15-6-16-30)26(23-10-9-20-7-4-5-8-22(20)17-23)18-24(19-27(29)31)21-11-13-25(33-2)14-12-21/h4-5,7-14,17,19,26H,3,6,15,18H2,1-2H3/t26-,29-/m1/s1. The third-order valence-electron chi connectivity index (χ3n) is 6.67. The average Bonchev–Trinajstić information content (AvgIpc) is 2.87. The summed E-state index contributed by atoms with van der Waals surface area (Å²) in [6.45, 7) is 1.90. The SMILES string of the molecule is CCOC(=O)[C@@]1(CCC#N)C(=O)C=C(c2ccc(OC)cc2)C[C@@H]1c1ccc2ccccc2c1. The van der Waals surface area contributed by atoms with E-state index in [1.807, 2.05) is 66.7 Å². The Hall–Kier alpha value is -3.91. The number of nitrogens with zero attached hydrogens (tertiary/aromatic N) is 1. The van der Waals surface area contributed by atoms with E-state index >= 15 is 0 Å². The maximum atomic E-state index is 13.8. The van der Waals surface area contributed by atoms with Crippen LogP contribution in [0, 0.1) is 16.7 Å². The highest BCUT2D eigenvalue weighted by atomic mass is 16.5. The number of ether oxygens (including phenoxy) is 2. The fourth-order valence-electron chi connectivity index (χ4n) is 4.90. The van der Waals surface area contributed by atoms with E-state index in [2.05, 4.69) is 6.07 Å². The molecule has 2 atom stereocenters. The number of hydrogen-bond donors (Lipinski definition) is 0. The Morgan fingerprint density at radius 1 is 1.09 bits per heavy atom. The highest BCUT2D eigenvalue weighted by Gasteiger charge is 2.54. The Labute approximate surface area is 199 Å². The average molecular weight is 454 g/mol. The number of nitriles is 1. The molecule has 0 amide bonds. The molecule has 34 heavy (non-hydrogen) atoms. The molecule has 0 fully saturated rings. The zero-order valence-electron chi connectivity index (χ0n) is 19.4. The highest BCUT2D eigenvalue weighted by Crippen LogP contribution is 2.51. The number of methoxy groups -OCH3 is 1. The lowest BCUT2D eigenvalue weighted by Gasteiger charge is -2.40. The Kier molecular flexibility index (Phi) is 6.79. The van der Waals surface area contributed by atoms with E-state index in [1.165, 1.54) is 0 Å². The van der Waals surface area contributed by atoms with Crippen molar-refractivity contribution in [3.8, 4) is 11.8 Å². The van der Waals surface area contributed by atoms with Gasteiger partial charge in [0.05, 0.1) is 19.8 Å². The second-order valence-electron chi connectivity index (χ2n) is 8.48. The van der Waals surface area contributed by atoms with Gasteiger partial charge in [0.1, 0.15) is 11.2 Å². The molecule has 0 radical (unpaired) electrons. The first kappa shape index (κ1) is 23.3. The first-order valence-corrected chi connectivity index (χ1v) is 11.5. The molecule has 1 aliphatic rings. The molecule has 5 heteroatoms. The number of carbonyl (C=O) groups excluding carboxylic acids is 2. The summed E-state index contributed by atoms with van der Waals surface area (Å²) in [6, 6.07) is 23.7. The molecule has 3 aromatic rings. The van der Waals surface area contributed by atoms with Gasteiger partial charge in [-0.15, -0.1) is 0 Å². The molecular formula is C29H27NO4. The number of esters is 1. The smallest absolute Gasteiger partial charge is 0.320 e. The molecule has 0 aromatic heterocycles. The lowest BCUT2D eigenvalue weighted by molar-refractivity contribution is -0.161. The van der Waals surface area contributed by atoms with E-state index in [0.29, 0.717) is 6.42 Å². The molecule has 3 aromatic carbocycles. The molecule has 0 N–H and O–H groups in total. The number of allylic oxidation sites excluding steroid dienone is 2. The quantitative estimate of drug-likeness (QED) is 0.332. The lowest BCUT2D eigenvalue weighted by Crippen LogP contribution is -2.47. The van der Waals surface area contributed by atoms with Crippen LogP contribution in [0.3, 0.4) is 0 Å². The van der Waals surface area contributed by atoms with Crippen molar-refractivity contribution >= 4 is 28.1 Å². The number of hydrogen-bond acceptors (Lipinski definition) is 5. The fraction of sp³-hybridized carbons (Fsp3) is 0.276. The molecule has 0 unspecified atom stereocenters. The second kappa shape index (κ2) is 9.93. The summed E-state index contributed by atoms with van der Waals surface area (Å²) < 4.78 is 10.7. The van der Waals surface area contributed by atoms with Crippen LogP contribution in [0.5, 0.6) is 5.75 Å². The lowest BCUT2D eigenvalue weighted by atomic mass is 9.60. The first-order valence-electron chi connectivity index (χ1n) is 11.5. The van der Waals surface area contributed by atoms with Crippen LogP contribution in [0.2, 0.25) is 0 Å². The molecule has 0 aliphatic heterocycles. The number of ketones is 1. The van der Waals surface area contributed by atoms with Gasteiger partial charge in [0.2, 0.25) is 0 Å². The summed E-state index contributed by atoms with van der Waals surface area (Å²) in [4.78, 5) is 27.2. The predicted molar refractivity (Wildman–Crippen MR) is 131 cm³/mol. The van der Waals surface area contributed by atoms with Crippen molar-refractivity contribution in [1.29, 1.82) is 5.26 Å². The summed E-state index contributed by atoms with van der Waals surface area (Å²) in [5.74, 6) is -0.596. The van der Waals surface area contributed by atoms with Gasteiger partial charge in [-0.25, -0.2) is 0 Å². The zero-order valence-corrected chi connectivity index (χ0v) is 19.4. The molecule has 172 valence electrons. The van der Waals surface area contributed by atoms with E-state index in [4.69, 9.17) is 9.47 Å². The maximum absolute atomic E-state index is 13.8. The largest absolute Gasteiger partial charge is 0.497 e. The molecule has 0 saturated heterocycles. The third kappa shape index (κ3) is 4.20. The van der Waals surface area contributed by atoms with E-state index in [9.17, 15) is 14.9 Å². The van der Waals surface area contributed by atoms with Crippen molar-refractivity contribution < 1.29 is 19.1 Å². The van der Waals surface area contributed by atoms with Gasteiger partial charge in [0.25, 0.3) is 0 Å². The second-order valence-corrected chi connectivity index (χ2v) is 8.48. The Bertz CT molecular complexity index is 1290. The number of fused-ring (bicyclic) bond motifs is 1. The molecular weight excluding hydrogens is 426 g/mol. The van der Waals surface area contributed by atoms with Crippen molar-refractivity contribution in [2.75, 3.05) is 13.7 Å². The predicted octanol–water partition coefficient (Wildman–Crippen LogP) is 5.84. The summed E-state index contributed by atoms with van der Waals surface area (Å²) in [6.07, 6.45) is 2.24. The van der Waals surface area contributed by atoms with E-state index < -0.39 is 17.3 Å². The third-order valence-corrected chi connectivity index (χ3v) is 6.67. The number of benzene rings is 3. The first-order chi connectivity index (χ1) is 16.5. The maximum Gasteiger partial charge on any atom is 0.320 e. The van der Waals surface area contributed by atoms with Gasteiger partial charge in [0, 0.05) is 12.3 Å². The zero-order chi connectivity index (χ0) is 24.1. The van der Waals surface area contributed by atoms with Gasteiger partial charge < -0.3 is 9.47 Å². The van der Waals surface area contributed by atoms with Crippen LogP contribution >= 0.6 is 0 Å². The molecule has 5 nitrogen and oxygen atoms in total. The fourth-order valence-corrected chi connectivity index (χ4v) is 4.90. The van der Waals surface area contributed by atoms with Crippen LogP contribution in [0.25, 0.3) is 16.3 Å². The number of rotatable bonds is 7. The summed E-state index contributed by atoms with van der Waals surface area (Å²) >= 11 is 0. The van der Waals surface area contributed by atoms with E-state index in [0.717, 1.165) is 33.2 Å². The monoisotopic (exact) mass is 453 g/mol. The topological polar surface area (TPSA) is 76.4 Å². The van der Waals surface area contributed by atoms with Crippen LogP contribution in [-0.4, -0.2) is 25.5 Å². The van der Waals surface area contributed by atoms with Crippen molar-refractivity contribution in [2.45, 2.75) is 32.1 Å². The molecule has 4 rings (SSSR count). The van der Waals surface area contributed by atoms with Crippen LogP contribution in [0.1, 0.15) is 43.2 Å². The van der Waals surface area contributed by atoms with Crippen molar-refractivity contribution in [1.82, 2.24) is 0 Å². The molecule has 0 heterocycles. The highest BCUT2D eigenvalue weighted by molar-refractivity contribution is 6.14. The van der Waals surface area contributed by atoms with Crippen LogP contribution in [0.4, 0.5) is 0 Å². The van der Waals surface area contributed by atoms with Gasteiger partial charge in [-0.05, 0) is 65.4 Å².